The minimum absolute atomic E-state index is 0.268. The van der Waals surface area contributed by atoms with Gasteiger partial charge in [-0.2, -0.15) is 5.26 Å². The van der Waals surface area contributed by atoms with Gasteiger partial charge in [0.2, 0.25) is 0 Å². The van der Waals surface area contributed by atoms with Gasteiger partial charge in [0.05, 0.1) is 16.5 Å². The van der Waals surface area contributed by atoms with Crippen molar-refractivity contribution in [2.45, 2.75) is 13.1 Å². The average molecular weight is 300 g/mol. The predicted octanol–water partition coefficient (Wildman–Crippen LogP) is 1.86. The van der Waals surface area contributed by atoms with Crippen LogP contribution in [0.1, 0.15) is 25.7 Å². The lowest BCUT2D eigenvalue weighted by molar-refractivity contribution is 0.0957. The fraction of sp³-hybridized carbons (Fsp3) is 0.200. The molecule has 1 aromatic carbocycles. The Bertz CT molecular complexity index is 674. The van der Waals surface area contributed by atoms with Crippen LogP contribution in [0, 0.1) is 11.3 Å². The molecule has 2 rings (SSSR count). The first-order valence-electron chi connectivity index (χ1n) is 6.39. The van der Waals surface area contributed by atoms with Crippen molar-refractivity contribution >= 4 is 17.2 Å². The molecule has 0 aliphatic rings. The zero-order valence-corrected chi connectivity index (χ0v) is 12.5. The number of thiophene rings is 1. The monoisotopic (exact) mass is 300 g/mol. The fourth-order valence-electron chi connectivity index (χ4n) is 2.03. The number of amides is 1. The van der Waals surface area contributed by atoms with Gasteiger partial charge in [0.15, 0.2) is 0 Å². The van der Waals surface area contributed by atoms with Crippen molar-refractivity contribution in [3.63, 3.8) is 0 Å². The maximum atomic E-state index is 11.4. The number of nitriles is 1. The van der Waals surface area contributed by atoms with Crippen LogP contribution in [0.5, 0.6) is 0 Å². The zero-order valence-electron chi connectivity index (χ0n) is 11.7. The van der Waals surface area contributed by atoms with E-state index in [1.165, 1.54) is 11.3 Å². The Balaban J connectivity index is 1.98. The van der Waals surface area contributed by atoms with Gasteiger partial charge in [-0.05, 0) is 36.9 Å². The van der Waals surface area contributed by atoms with Gasteiger partial charge in [0, 0.05) is 18.0 Å². The third-order valence-electron chi connectivity index (χ3n) is 2.95. The van der Waals surface area contributed by atoms with E-state index < -0.39 is 0 Å². The summed E-state index contributed by atoms with van der Waals surface area (Å²) in [5.41, 5.74) is 3.88. The Morgan fingerprint density at radius 2 is 2.19 bits per heavy atom. The van der Waals surface area contributed by atoms with Crippen molar-refractivity contribution in [1.29, 1.82) is 5.26 Å². The molecular formula is C15H16N4OS. The molecule has 0 fully saturated rings. The second-order valence-electron chi connectivity index (χ2n) is 4.72. The number of hydrogen-bond donors (Lipinski definition) is 2. The highest BCUT2D eigenvalue weighted by Gasteiger charge is 2.09. The molecule has 0 spiro atoms. The Morgan fingerprint density at radius 1 is 1.38 bits per heavy atom. The molecule has 2 aromatic rings. The molecule has 3 N–H and O–H groups in total. The number of nitrogens with zero attached hydrogens (tertiary/aromatic N) is 2. The fourth-order valence-corrected chi connectivity index (χ4v) is 3.02. The van der Waals surface area contributed by atoms with Crippen LogP contribution < -0.4 is 11.3 Å². The minimum Gasteiger partial charge on any atom is -0.297 e. The highest BCUT2D eigenvalue weighted by atomic mass is 32.1. The molecule has 108 valence electrons. The first-order valence-corrected chi connectivity index (χ1v) is 7.21. The molecule has 6 heteroatoms. The SMILES string of the molecule is CN(Cc1cccc(C#N)c1)Cc1ccc(C(=O)NN)s1. The van der Waals surface area contributed by atoms with E-state index in [0.29, 0.717) is 10.4 Å². The van der Waals surface area contributed by atoms with Crippen LogP contribution in [0.25, 0.3) is 0 Å². The van der Waals surface area contributed by atoms with E-state index in [4.69, 9.17) is 11.1 Å². The molecule has 0 atom stereocenters. The van der Waals surface area contributed by atoms with Crippen LogP contribution in [0.2, 0.25) is 0 Å². The largest absolute Gasteiger partial charge is 0.297 e. The number of rotatable bonds is 5. The summed E-state index contributed by atoms with van der Waals surface area (Å²) in [5.74, 6) is 4.85. The van der Waals surface area contributed by atoms with E-state index >= 15 is 0 Å². The van der Waals surface area contributed by atoms with Gasteiger partial charge in [-0.3, -0.25) is 15.1 Å². The van der Waals surface area contributed by atoms with Gasteiger partial charge in [-0.15, -0.1) is 11.3 Å². The van der Waals surface area contributed by atoms with Crippen molar-refractivity contribution in [3.05, 3.63) is 57.3 Å². The molecule has 5 nitrogen and oxygen atoms in total. The molecule has 0 saturated carbocycles. The Morgan fingerprint density at radius 3 is 2.90 bits per heavy atom. The Kier molecular flexibility index (Phi) is 5.06. The van der Waals surface area contributed by atoms with E-state index in [1.54, 1.807) is 12.1 Å². The third kappa shape index (κ3) is 4.13. The molecule has 0 bridgehead atoms. The summed E-state index contributed by atoms with van der Waals surface area (Å²) in [7, 11) is 2.00. The van der Waals surface area contributed by atoms with E-state index in [2.05, 4.69) is 16.4 Å². The summed E-state index contributed by atoms with van der Waals surface area (Å²) in [6, 6.07) is 13.4. The number of hydrazine groups is 1. The van der Waals surface area contributed by atoms with Crippen LogP contribution in [0.3, 0.4) is 0 Å². The van der Waals surface area contributed by atoms with Gasteiger partial charge in [0.25, 0.3) is 5.91 Å². The molecule has 0 saturated heterocycles. The Hall–Kier alpha value is -2.20. The minimum atomic E-state index is -0.268. The molecule has 21 heavy (non-hydrogen) atoms. The van der Waals surface area contributed by atoms with Gasteiger partial charge in [0.1, 0.15) is 0 Å². The van der Waals surface area contributed by atoms with Gasteiger partial charge in [-0.1, -0.05) is 12.1 Å². The summed E-state index contributed by atoms with van der Waals surface area (Å²) in [4.78, 5) is 15.2. The van der Waals surface area contributed by atoms with Crippen LogP contribution in [0.4, 0.5) is 0 Å². The topological polar surface area (TPSA) is 82.2 Å². The molecule has 0 aliphatic heterocycles. The first kappa shape index (κ1) is 15.2. The second kappa shape index (κ2) is 6.99. The van der Waals surface area contributed by atoms with Crippen molar-refractivity contribution in [2.75, 3.05) is 7.05 Å². The van der Waals surface area contributed by atoms with Crippen molar-refractivity contribution in [3.8, 4) is 6.07 Å². The standard InChI is InChI=1S/C15H16N4OS/c1-19(9-12-4-2-3-11(7-12)8-16)10-13-5-6-14(21-13)15(20)18-17/h2-7H,9-10,17H2,1H3,(H,18,20). The van der Waals surface area contributed by atoms with E-state index in [9.17, 15) is 4.79 Å². The van der Waals surface area contributed by atoms with E-state index in [0.717, 1.165) is 23.5 Å². The highest BCUT2D eigenvalue weighted by molar-refractivity contribution is 7.14. The molecule has 0 unspecified atom stereocenters. The van der Waals surface area contributed by atoms with E-state index in [1.807, 2.05) is 31.3 Å². The number of nitrogens with one attached hydrogen (secondary N) is 1. The second-order valence-corrected chi connectivity index (χ2v) is 5.89. The van der Waals surface area contributed by atoms with Crippen LogP contribution in [-0.4, -0.2) is 17.9 Å². The molecular weight excluding hydrogens is 284 g/mol. The molecule has 0 aliphatic carbocycles. The number of nitrogens with two attached hydrogens (primary N) is 1. The van der Waals surface area contributed by atoms with Gasteiger partial charge in [-0.25, -0.2) is 5.84 Å². The molecule has 1 aromatic heterocycles. The smallest absolute Gasteiger partial charge is 0.275 e. The summed E-state index contributed by atoms with van der Waals surface area (Å²) >= 11 is 1.43. The number of carbonyl (C=O) groups excluding carboxylic acids is 1. The maximum absolute atomic E-state index is 11.4. The highest BCUT2D eigenvalue weighted by Crippen LogP contribution is 2.18. The summed E-state index contributed by atoms with van der Waals surface area (Å²) < 4.78 is 0. The lowest BCUT2D eigenvalue weighted by Crippen LogP contribution is -2.29. The van der Waals surface area contributed by atoms with Gasteiger partial charge < -0.3 is 0 Å². The van der Waals surface area contributed by atoms with Crippen molar-refractivity contribution < 1.29 is 4.79 Å². The summed E-state index contributed by atoms with van der Waals surface area (Å²) in [6.45, 7) is 1.48. The summed E-state index contributed by atoms with van der Waals surface area (Å²) in [5, 5.41) is 8.90. The lowest BCUT2D eigenvalue weighted by atomic mass is 10.1. The number of benzene rings is 1. The summed E-state index contributed by atoms with van der Waals surface area (Å²) in [6.07, 6.45) is 0. The maximum Gasteiger partial charge on any atom is 0.275 e. The zero-order chi connectivity index (χ0) is 15.2. The predicted molar refractivity (Wildman–Crippen MR) is 82.3 cm³/mol. The molecule has 1 heterocycles. The van der Waals surface area contributed by atoms with Crippen molar-refractivity contribution in [2.24, 2.45) is 5.84 Å². The average Bonchev–Trinajstić information content (AvgIpc) is 2.94. The quantitative estimate of drug-likeness (QED) is 0.501. The van der Waals surface area contributed by atoms with Crippen LogP contribution >= 0.6 is 11.3 Å². The number of hydrogen-bond acceptors (Lipinski definition) is 5. The number of carbonyl (C=O) groups is 1. The lowest BCUT2D eigenvalue weighted by Gasteiger charge is -2.15. The first-order chi connectivity index (χ1) is 10.1. The van der Waals surface area contributed by atoms with E-state index in [-0.39, 0.29) is 5.91 Å². The van der Waals surface area contributed by atoms with Crippen molar-refractivity contribution in [1.82, 2.24) is 10.3 Å². The number of nitrogen functional groups attached to an aromatic ring is 1. The Labute approximate surface area is 127 Å². The molecule has 1 amide bonds. The van der Waals surface area contributed by atoms with Crippen LogP contribution in [-0.2, 0) is 13.1 Å². The third-order valence-corrected chi connectivity index (χ3v) is 4.02. The van der Waals surface area contributed by atoms with Crippen LogP contribution in [0.15, 0.2) is 36.4 Å². The molecule has 0 radical (unpaired) electrons. The normalized spacial score (nSPS) is 10.4. The van der Waals surface area contributed by atoms with Gasteiger partial charge >= 0.3 is 0 Å².